The Hall–Kier alpha value is -1.95. The molecule has 0 aliphatic rings. The molecular formula is C8H7ClN6. The summed E-state index contributed by atoms with van der Waals surface area (Å²) < 4.78 is 0. The van der Waals surface area contributed by atoms with E-state index in [0.29, 0.717) is 17.2 Å². The van der Waals surface area contributed by atoms with Gasteiger partial charge in [0, 0.05) is 6.07 Å². The summed E-state index contributed by atoms with van der Waals surface area (Å²) in [5.74, 6) is 0.621. The van der Waals surface area contributed by atoms with E-state index in [1.165, 1.54) is 12.4 Å². The SMILES string of the molecule is Nc1cnc(-c2cc(N)nc(Cl)n2)cn1. The third-order valence-corrected chi connectivity index (χ3v) is 1.82. The zero-order valence-corrected chi connectivity index (χ0v) is 8.31. The number of nitrogens with zero attached hydrogens (tertiary/aromatic N) is 4. The highest BCUT2D eigenvalue weighted by Crippen LogP contribution is 2.17. The first-order chi connectivity index (χ1) is 7.15. The largest absolute Gasteiger partial charge is 0.384 e. The van der Waals surface area contributed by atoms with Gasteiger partial charge < -0.3 is 11.5 Å². The molecular weight excluding hydrogens is 216 g/mol. The van der Waals surface area contributed by atoms with Gasteiger partial charge in [0.15, 0.2) is 0 Å². The van der Waals surface area contributed by atoms with Crippen LogP contribution in [0.5, 0.6) is 0 Å². The predicted octanol–water partition coefficient (Wildman–Crippen LogP) is 0.751. The first kappa shape index (κ1) is 9.60. The van der Waals surface area contributed by atoms with Crippen molar-refractivity contribution in [1.29, 1.82) is 0 Å². The van der Waals surface area contributed by atoms with Crippen LogP contribution >= 0.6 is 11.6 Å². The molecule has 2 heterocycles. The zero-order valence-electron chi connectivity index (χ0n) is 7.55. The standard InChI is InChI=1S/C8H7ClN6/c9-8-14-4(1-6(10)15-8)5-2-13-7(11)3-12-5/h1-3H,(H2,11,13)(H2,10,14,15). The predicted molar refractivity (Wildman–Crippen MR) is 56.9 cm³/mol. The van der Waals surface area contributed by atoms with Crippen LogP contribution in [-0.4, -0.2) is 19.9 Å². The molecule has 0 aromatic carbocycles. The van der Waals surface area contributed by atoms with Gasteiger partial charge in [-0.1, -0.05) is 0 Å². The third-order valence-electron chi connectivity index (χ3n) is 1.65. The number of hydrogen-bond donors (Lipinski definition) is 2. The lowest BCUT2D eigenvalue weighted by Crippen LogP contribution is -1.97. The Morgan fingerprint density at radius 1 is 0.933 bits per heavy atom. The molecule has 76 valence electrons. The second-order valence-electron chi connectivity index (χ2n) is 2.77. The van der Waals surface area contributed by atoms with Gasteiger partial charge in [0.1, 0.15) is 17.3 Å². The monoisotopic (exact) mass is 222 g/mol. The molecule has 0 radical (unpaired) electrons. The minimum absolute atomic E-state index is 0.0728. The Morgan fingerprint density at radius 3 is 2.33 bits per heavy atom. The maximum atomic E-state index is 5.66. The van der Waals surface area contributed by atoms with Crippen LogP contribution in [0.2, 0.25) is 5.28 Å². The second-order valence-corrected chi connectivity index (χ2v) is 3.11. The number of rotatable bonds is 1. The van der Waals surface area contributed by atoms with Gasteiger partial charge in [0.05, 0.1) is 18.1 Å². The van der Waals surface area contributed by atoms with Crippen molar-refractivity contribution in [2.75, 3.05) is 11.5 Å². The summed E-state index contributed by atoms with van der Waals surface area (Å²) in [5, 5.41) is 0.0728. The molecule has 0 bridgehead atoms. The number of aromatic nitrogens is 4. The molecule has 0 unspecified atom stereocenters. The Kier molecular flexibility index (Phi) is 2.34. The quantitative estimate of drug-likeness (QED) is 0.690. The van der Waals surface area contributed by atoms with Crippen molar-refractivity contribution in [1.82, 2.24) is 19.9 Å². The van der Waals surface area contributed by atoms with Gasteiger partial charge in [-0.05, 0) is 11.6 Å². The molecule has 7 heteroatoms. The average molecular weight is 223 g/mol. The van der Waals surface area contributed by atoms with Crippen LogP contribution in [0, 0.1) is 0 Å². The fourth-order valence-corrected chi connectivity index (χ4v) is 1.23. The summed E-state index contributed by atoms with van der Waals surface area (Å²) in [4.78, 5) is 15.6. The van der Waals surface area contributed by atoms with E-state index in [1.54, 1.807) is 6.07 Å². The molecule has 0 spiro atoms. The molecule has 0 aliphatic carbocycles. The van der Waals surface area contributed by atoms with E-state index < -0.39 is 0 Å². The topological polar surface area (TPSA) is 104 Å². The number of halogens is 1. The molecule has 2 aromatic rings. The van der Waals surface area contributed by atoms with Gasteiger partial charge in [-0.3, -0.25) is 0 Å². The first-order valence-electron chi connectivity index (χ1n) is 4.03. The molecule has 2 rings (SSSR count). The Labute approximate surface area is 90.4 Å². The molecule has 0 saturated carbocycles. The molecule has 0 fully saturated rings. The smallest absolute Gasteiger partial charge is 0.224 e. The fourth-order valence-electron chi connectivity index (χ4n) is 1.04. The van der Waals surface area contributed by atoms with Crippen LogP contribution < -0.4 is 11.5 Å². The molecule has 2 aromatic heterocycles. The van der Waals surface area contributed by atoms with Crippen LogP contribution in [0.15, 0.2) is 18.5 Å². The summed E-state index contributed by atoms with van der Waals surface area (Å²) in [6.07, 6.45) is 2.93. The minimum atomic E-state index is 0.0728. The maximum Gasteiger partial charge on any atom is 0.224 e. The maximum absolute atomic E-state index is 5.66. The second kappa shape index (κ2) is 3.66. The van der Waals surface area contributed by atoms with Crippen molar-refractivity contribution in [3.63, 3.8) is 0 Å². The van der Waals surface area contributed by atoms with Crippen LogP contribution in [0.1, 0.15) is 0 Å². The van der Waals surface area contributed by atoms with Crippen molar-refractivity contribution >= 4 is 23.2 Å². The third kappa shape index (κ3) is 2.10. The zero-order chi connectivity index (χ0) is 10.8. The Morgan fingerprint density at radius 2 is 1.73 bits per heavy atom. The Balaban J connectivity index is 2.49. The van der Waals surface area contributed by atoms with E-state index in [-0.39, 0.29) is 11.1 Å². The van der Waals surface area contributed by atoms with Crippen LogP contribution in [0.4, 0.5) is 11.6 Å². The lowest BCUT2D eigenvalue weighted by atomic mass is 10.3. The Bertz CT molecular complexity index is 463. The van der Waals surface area contributed by atoms with Crippen molar-refractivity contribution in [3.8, 4) is 11.4 Å². The van der Waals surface area contributed by atoms with Crippen LogP contribution in [0.25, 0.3) is 11.4 Å². The van der Waals surface area contributed by atoms with Crippen molar-refractivity contribution in [2.24, 2.45) is 0 Å². The molecule has 0 amide bonds. The molecule has 4 N–H and O–H groups in total. The summed E-state index contributed by atoms with van der Waals surface area (Å²) in [7, 11) is 0. The average Bonchev–Trinajstić information content (AvgIpc) is 2.17. The van der Waals surface area contributed by atoms with E-state index in [0.717, 1.165) is 0 Å². The number of nitrogens with two attached hydrogens (primary N) is 2. The van der Waals surface area contributed by atoms with Gasteiger partial charge >= 0.3 is 0 Å². The van der Waals surface area contributed by atoms with E-state index in [2.05, 4.69) is 19.9 Å². The van der Waals surface area contributed by atoms with Gasteiger partial charge in [-0.2, -0.15) is 0 Å². The molecule has 6 nitrogen and oxygen atoms in total. The summed E-state index contributed by atoms with van der Waals surface area (Å²) in [5.41, 5.74) is 12.0. The number of anilines is 2. The van der Waals surface area contributed by atoms with Crippen molar-refractivity contribution in [2.45, 2.75) is 0 Å². The number of hydrogen-bond acceptors (Lipinski definition) is 6. The molecule has 0 aliphatic heterocycles. The molecule has 0 saturated heterocycles. The lowest BCUT2D eigenvalue weighted by Gasteiger charge is -2.01. The summed E-state index contributed by atoms with van der Waals surface area (Å²) in [6, 6.07) is 1.56. The van der Waals surface area contributed by atoms with Crippen LogP contribution in [0.3, 0.4) is 0 Å². The van der Waals surface area contributed by atoms with Gasteiger partial charge in [-0.25, -0.2) is 19.9 Å². The highest BCUT2D eigenvalue weighted by atomic mass is 35.5. The normalized spacial score (nSPS) is 10.2. The summed E-state index contributed by atoms with van der Waals surface area (Å²) >= 11 is 5.66. The van der Waals surface area contributed by atoms with Crippen molar-refractivity contribution in [3.05, 3.63) is 23.7 Å². The van der Waals surface area contributed by atoms with Crippen molar-refractivity contribution < 1.29 is 0 Å². The molecule has 15 heavy (non-hydrogen) atoms. The van der Waals surface area contributed by atoms with E-state index in [1.807, 2.05) is 0 Å². The number of nitrogen functional groups attached to an aromatic ring is 2. The highest BCUT2D eigenvalue weighted by molar-refractivity contribution is 6.28. The summed E-state index contributed by atoms with van der Waals surface area (Å²) in [6.45, 7) is 0. The van der Waals surface area contributed by atoms with Crippen LogP contribution in [-0.2, 0) is 0 Å². The highest BCUT2D eigenvalue weighted by Gasteiger charge is 2.05. The van der Waals surface area contributed by atoms with E-state index in [9.17, 15) is 0 Å². The van der Waals surface area contributed by atoms with Gasteiger partial charge in [-0.15, -0.1) is 0 Å². The van der Waals surface area contributed by atoms with Gasteiger partial charge in [0.2, 0.25) is 5.28 Å². The molecule has 0 atom stereocenters. The van der Waals surface area contributed by atoms with E-state index in [4.69, 9.17) is 23.1 Å². The van der Waals surface area contributed by atoms with E-state index >= 15 is 0 Å². The minimum Gasteiger partial charge on any atom is -0.384 e. The van der Waals surface area contributed by atoms with Gasteiger partial charge in [0.25, 0.3) is 0 Å². The first-order valence-corrected chi connectivity index (χ1v) is 4.41. The lowest BCUT2D eigenvalue weighted by molar-refractivity contribution is 1.14. The fraction of sp³-hybridized carbons (Fsp3) is 0.